The van der Waals surface area contributed by atoms with Gasteiger partial charge >= 0.3 is 0 Å². The maximum absolute atomic E-state index is 12.8. The van der Waals surface area contributed by atoms with Gasteiger partial charge in [0.05, 0.1) is 0 Å². The van der Waals surface area contributed by atoms with Crippen molar-refractivity contribution < 1.29 is 18.1 Å². The SMILES string of the molecule is CC(C)(C)[Si](C)(C)OCC(C/C=C/[C@](C)(CCC(=O)C#C[Si](C)(C)C)CO[Si](C)(C)C(C)(C)C)CO[Si](C)(C)C(C)(C)C. The zero-order valence-corrected chi connectivity index (χ0v) is 36.1. The molecule has 0 unspecified atom stereocenters. The van der Waals surface area contributed by atoms with E-state index in [-0.39, 0.29) is 32.2 Å². The van der Waals surface area contributed by atoms with Crippen LogP contribution in [0.5, 0.6) is 0 Å². The van der Waals surface area contributed by atoms with Crippen LogP contribution < -0.4 is 0 Å². The first kappa shape index (κ1) is 42.7. The highest BCUT2D eigenvalue weighted by Crippen LogP contribution is 2.40. The maximum atomic E-state index is 12.8. The van der Waals surface area contributed by atoms with E-state index in [9.17, 15) is 4.79 Å². The Kier molecular flexibility index (Phi) is 15.4. The van der Waals surface area contributed by atoms with Gasteiger partial charge in [-0.15, -0.1) is 5.54 Å². The highest BCUT2D eigenvalue weighted by Gasteiger charge is 2.40. The molecule has 252 valence electrons. The highest BCUT2D eigenvalue weighted by atomic mass is 28.4. The van der Waals surface area contributed by atoms with Gasteiger partial charge < -0.3 is 13.3 Å². The molecule has 0 aliphatic heterocycles. The predicted octanol–water partition coefficient (Wildman–Crippen LogP) is 10.9. The molecule has 0 aromatic heterocycles. The van der Waals surface area contributed by atoms with E-state index in [0.717, 1.165) is 12.8 Å². The normalized spacial score (nSPS) is 15.9. The van der Waals surface area contributed by atoms with E-state index in [0.29, 0.717) is 26.2 Å². The minimum absolute atomic E-state index is 0.0396. The second-order valence-corrected chi connectivity index (χ2v) is 38.0. The molecule has 4 nitrogen and oxygen atoms in total. The zero-order valence-electron chi connectivity index (χ0n) is 32.1. The van der Waals surface area contributed by atoms with E-state index < -0.39 is 33.0 Å². The van der Waals surface area contributed by atoms with Crippen LogP contribution in [0.4, 0.5) is 0 Å². The lowest BCUT2D eigenvalue weighted by Gasteiger charge is -2.40. The van der Waals surface area contributed by atoms with Gasteiger partial charge in [-0.05, 0) is 73.2 Å². The molecule has 0 bridgehead atoms. The van der Waals surface area contributed by atoms with E-state index >= 15 is 0 Å². The van der Waals surface area contributed by atoms with Gasteiger partial charge in [0, 0.05) is 37.6 Å². The van der Waals surface area contributed by atoms with Gasteiger partial charge in [-0.25, -0.2) is 0 Å². The van der Waals surface area contributed by atoms with Gasteiger partial charge in [0.2, 0.25) is 5.78 Å². The molecule has 0 heterocycles. The molecule has 0 saturated heterocycles. The minimum Gasteiger partial charge on any atom is -0.416 e. The Balaban J connectivity index is 6.06. The Hall–Kier alpha value is -0.282. The summed E-state index contributed by atoms with van der Waals surface area (Å²) >= 11 is 0. The fraction of sp³-hybridized carbons (Fsp3) is 0.857. The predicted molar refractivity (Wildman–Crippen MR) is 200 cm³/mol. The topological polar surface area (TPSA) is 44.8 Å². The summed E-state index contributed by atoms with van der Waals surface area (Å²) in [5.41, 5.74) is 2.99. The molecule has 0 spiro atoms. The summed E-state index contributed by atoms with van der Waals surface area (Å²) in [6.45, 7) is 45.3. The van der Waals surface area contributed by atoms with Crippen molar-refractivity contribution in [2.75, 3.05) is 19.8 Å². The van der Waals surface area contributed by atoms with Crippen LogP contribution in [-0.2, 0) is 18.1 Å². The quantitative estimate of drug-likeness (QED) is 0.0989. The third kappa shape index (κ3) is 15.7. The number of allylic oxidation sites excluding steroid dienone is 1. The van der Waals surface area contributed by atoms with Crippen molar-refractivity contribution in [3.63, 3.8) is 0 Å². The molecule has 0 saturated carbocycles. The van der Waals surface area contributed by atoms with Crippen LogP contribution in [0.1, 0.15) is 88.5 Å². The second kappa shape index (κ2) is 15.5. The van der Waals surface area contributed by atoms with Crippen molar-refractivity contribution in [3.8, 4) is 11.5 Å². The Bertz CT molecular complexity index is 947. The van der Waals surface area contributed by atoms with Crippen molar-refractivity contribution >= 4 is 38.8 Å². The van der Waals surface area contributed by atoms with E-state index in [4.69, 9.17) is 13.3 Å². The van der Waals surface area contributed by atoms with Crippen LogP contribution in [0.15, 0.2) is 12.2 Å². The Labute approximate surface area is 273 Å². The van der Waals surface area contributed by atoms with Crippen molar-refractivity contribution in [1.29, 1.82) is 0 Å². The fourth-order valence-corrected chi connectivity index (χ4v) is 7.11. The molecule has 0 aromatic carbocycles. The van der Waals surface area contributed by atoms with Crippen LogP contribution in [0.25, 0.3) is 0 Å². The molecule has 0 aliphatic carbocycles. The number of rotatable bonds is 15. The molecule has 0 aliphatic rings. The fourth-order valence-electron chi connectivity index (χ4n) is 3.30. The standard InChI is InChI=1S/C35H72O4Si4/c1-32(2,3)41(14,15)37-27-30(28-38-42(16,17)33(4,5)6)21-20-24-35(10,29-39-43(18,19)34(7,8)9)25-22-31(36)23-26-40(11,12)13/h20,24,30H,21-22,25,27-29H2,1-19H3/b24-20+/t35-/m1/s1. The summed E-state index contributed by atoms with van der Waals surface area (Å²) in [5, 5.41) is 0.458. The van der Waals surface area contributed by atoms with E-state index in [1.807, 2.05) is 0 Å². The summed E-state index contributed by atoms with van der Waals surface area (Å²) in [4.78, 5) is 12.8. The zero-order chi connectivity index (χ0) is 34.3. The third-order valence-electron chi connectivity index (χ3n) is 10.0. The highest BCUT2D eigenvalue weighted by molar-refractivity contribution is 6.84. The molecule has 0 fully saturated rings. The van der Waals surface area contributed by atoms with Crippen LogP contribution >= 0.6 is 0 Å². The first-order valence-electron chi connectivity index (χ1n) is 16.5. The monoisotopic (exact) mass is 668 g/mol. The van der Waals surface area contributed by atoms with Crippen molar-refractivity contribution in [2.45, 2.75) is 163 Å². The smallest absolute Gasteiger partial charge is 0.204 e. The van der Waals surface area contributed by atoms with Crippen molar-refractivity contribution in [3.05, 3.63) is 12.2 Å². The lowest BCUT2D eigenvalue weighted by atomic mass is 9.84. The maximum Gasteiger partial charge on any atom is 0.204 e. The Morgan fingerprint density at radius 3 is 1.44 bits per heavy atom. The summed E-state index contributed by atoms with van der Waals surface area (Å²) in [7, 11) is -7.31. The van der Waals surface area contributed by atoms with Crippen LogP contribution in [0, 0.1) is 22.8 Å². The van der Waals surface area contributed by atoms with Crippen LogP contribution in [0.3, 0.4) is 0 Å². The number of hydrogen-bond donors (Lipinski definition) is 0. The van der Waals surface area contributed by atoms with E-state index in [1.54, 1.807) is 0 Å². The molecule has 0 aromatic rings. The van der Waals surface area contributed by atoms with Gasteiger partial charge in [-0.2, -0.15) is 0 Å². The number of carbonyl (C=O) groups excluding carboxylic acids is 1. The molecular formula is C35H72O4Si4. The number of hydrogen-bond acceptors (Lipinski definition) is 4. The molecular weight excluding hydrogens is 597 g/mol. The number of ketones is 1. The summed E-state index contributed by atoms with van der Waals surface area (Å²) in [6, 6.07) is 0. The first-order valence-corrected chi connectivity index (χ1v) is 28.7. The van der Waals surface area contributed by atoms with Crippen LogP contribution in [0.2, 0.25) is 74.0 Å². The van der Waals surface area contributed by atoms with Gasteiger partial charge in [-0.3, -0.25) is 4.79 Å². The molecule has 0 N–H and O–H groups in total. The molecule has 1 atom stereocenters. The number of Topliss-reactive ketones (excluding diaryl/α,β-unsaturated/α-hetero) is 1. The average molecular weight is 669 g/mol. The number of carbonyl (C=O) groups is 1. The Morgan fingerprint density at radius 2 is 1.07 bits per heavy atom. The average Bonchev–Trinajstić information content (AvgIpc) is 2.79. The third-order valence-corrected chi connectivity index (χ3v) is 24.4. The minimum atomic E-state index is -1.95. The van der Waals surface area contributed by atoms with Crippen LogP contribution in [-0.4, -0.2) is 58.6 Å². The van der Waals surface area contributed by atoms with Crippen molar-refractivity contribution in [1.82, 2.24) is 0 Å². The largest absolute Gasteiger partial charge is 0.416 e. The van der Waals surface area contributed by atoms with Gasteiger partial charge in [0.1, 0.15) is 8.07 Å². The van der Waals surface area contributed by atoms with Gasteiger partial charge in [-0.1, -0.05) is 101 Å². The lowest BCUT2D eigenvalue weighted by Crippen LogP contribution is -2.44. The lowest BCUT2D eigenvalue weighted by molar-refractivity contribution is -0.114. The first-order chi connectivity index (χ1) is 18.8. The van der Waals surface area contributed by atoms with Gasteiger partial charge in [0.15, 0.2) is 25.0 Å². The second-order valence-electron chi connectivity index (χ2n) is 18.8. The summed E-state index contributed by atoms with van der Waals surface area (Å²) in [5.74, 6) is 3.26. The molecule has 43 heavy (non-hydrogen) atoms. The van der Waals surface area contributed by atoms with E-state index in [2.05, 4.69) is 152 Å². The van der Waals surface area contributed by atoms with Crippen molar-refractivity contribution in [2.24, 2.45) is 11.3 Å². The molecule has 0 rings (SSSR count). The van der Waals surface area contributed by atoms with Gasteiger partial charge in [0.25, 0.3) is 0 Å². The summed E-state index contributed by atoms with van der Waals surface area (Å²) < 4.78 is 20.2. The van der Waals surface area contributed by atoms with E-state index in [1.165, 1.54) is 0 Å². The molecule has 0 radical (unpaired) electrons. The Morgan fingerprint density at radius 1 is 0.674 bits per heavy atom. The molecule has 0 amide bonds. The molecule has 8 heteroatoms. The summed E-state index contributed by atoms with van der Waals surface area (Å²) in [6.07, 6.45) is 6.67.